The number of carbonyl (C=O) groups is 1. The van der Waals surface area contributed by atoms with Gasteiger partial charge in [-0.3, -0.25) is 4.79 Å². The van der Waals surface area contributed by atoms with Crippen LogP contribution in [0, 0.1) is 0 Å². The van der Waals surface area contributed by atoms with Crippen molar-refractivity contribution in [3.63, 3.8) is 0 Å². The van der Waals surface area contributed by atoms with Crippen LogP contribution in [0.3, 0.4) is 0 Å². The SMILES string of the molecule is O=C(C=Cc1ccccc1)N1CCN(c2ccc(-c3noc(C4CCC4)n3)cc2)CC1. The van der Waals surface area contributed by atoms with Gasteiger partial charge in [0.2, 0.25) is 17.6 Å². The zero-order chi connectivity index (χ0) is 21.0. The maximum atomic E-state index is 12.5. The van der Waals surface area contributed by atoms with E-state index in [0.717, 1.165) is 61.7 Å². The summed E-state index contributed by atoms with van der Waals surface area (Å²) in [6.45, 7) is 3.07. The maximum Gasteiger partial charge on any atom is 0.246 e. The summed E-state index contributed by atoms with van der Waals surface area (Å²) in [4.78, 5) is 21.3. The number of nitrogens with zero attached hydrogens (tertiary/aromatic N) is 4. The molecule has 2 heterocycles. The second-order valence-electron chi connectivity index (χ2n) is 8.19. The molecule has 1 amide bonds. The van der Waals surface area contributed by atoms with Gasteiger partial charge in [0, 0.05) is 49.4 Å². The summed E-state index contributed by atoms with van der Waals surface area (Å²) in [5, 5.41) is 4.15. The lowest BCUT2D eigenvalue weighted by Crippen LogP contribution is -2.48. The van der Waals surface area contributed by atoms with E-state index in [9.17, 15) is 4.79 Å². The van der Waals surface area contributed by atoms with Gasteiger partial charge in [-0.1, -0.05) is 41.9 Å². The molecule has 0 radical (unpaired) electrons. The summed E-state index contributed by atoms with van der Waals surface area (Å²) in [5.41, 5.74) is 3.16. The molecule has 1 saturated heterocycles. The third kappa shape index (κ3) is 4.38. The number of carbonyl (C=O) groups excluding carboxylic acids is 1. The van der Waals surface area contributed by atoms with Crippen molar-refractivity contribution in [2.24, 2.45) is 0 Å². The van der Waals surface area contributed by atoms with E-state index in [1.807, 2.05) is 53.4 Å². The maximum absolute atomic E-state index is 12.5. The van der Waals surface area contributed by atoms with E-state index in [-0.39, 0.29) is 5.91 Å². The topological polar surface area (TPSA) is 62.5 Å². The molecule has 0 N–H and O–H groups in total. The Hall–Kier alpha value is -3.41. The average Bonchev–Trinajstić information content (AvgIpc) is 3.27. The van der Waals surface area contributed by atoms with E-state index in [1.165, 1.54) is 6.42 Å². The molecule has 0 atom stereocenters. The van der Waals surface area contributed by atoms with E-state index >= 15 is 0 Å². The second-order valence-corrected chi connectivity index (χ2v) is 8.19. The van der Waals surface area contributed by atoms with Crippen LogP contribution >= 0.6 is 0 Å². The van der Waals surface area contributed by atoms with Gasteiger partial charge < -0.3 is 14.3 Å². The largest absolute Gasteiger partial charge is 0.368 e. The highest BCUT2D eigenvalue weighted by Gasteiger charge is 2.25. The molecular weight excluding hydrogens is 388 g/mol. The minimum atomic E-state index is 0.0678. The predicted molar refractivity (Wildman–Crippen MR) is 121 cm³/mol. The number of aromatic nitrogens is 2. The Bertz CT molecular complexity index is 1050. The van der Waals surface area contributed by atoms with Gasteiger partial charge in [-0.25, -0.2) is 0 Å². The molecule has 0 bridgehead atoms. The van der Waals surface area contributed by atoms with E-state index in [4.69, 9.17) is 4.52 Å². The number of amides is 1. The van der Waals surface area contributed by atoms with Crippen LogP contribution in [-0.4, -0.2) is 47.1 Å². The van der Waals surface area contributed by atoms with Crippen LogP contribution in [0.5, 0.6) is 0 Å². The van der Waals surface area contributed by atoms with Crippen molar-refractivity contribution >= 4 is 17.7 Å². The average molecular weight is 415 g/mol. The zero-order valence-electron chi connectivity index (χ0n) is 17.5. The first-order chi connectivity index (χ1) is 15.3. The van der Waals surface area contributed by atoms with Crippen molar-refractivity contribution in [3.8, 4) is 11.4 Å². The first-order valence-corrected chi connectivity index (χ1v) is 11.0. The van der Waals surface area contributed by atoms with Gasteiger partial charge in [0.05, 0.1) is 0 Å². The first-order valence-electron chi connectivity index (χ1n) is 11.0. The highest BCUT2D eigenvalue weighted by molar-refractivity contribution is 5.92. The van der Waals surface area contributed by atoms with Gasteiger partial charge in [-0.15, -0.1) is 0 Å². The van der Waals surface area contributed by atoms with Crippen molar-refractivity contribution < 1.29 is 9.32 Å². The quantitative estimate of drug-likeness (QED) is 0.580. The number of rotatable bonds is 5. The van der Waals surface area contributed by atoms with Crippen LogP contribution in [0.4, 0.5) is 5.69 Å². The Morgan fingerprint density at radius 1 is 0.968 bits per heavy atom. The lowest BCUT2D eigenvalue weighted by molar-refractivity contribution is -0.126. The fourth-order valence-corrected chi connectivity index (χ4v) is 4.02. The van der Waals surface area contributed by atoms with Crippen molar-refractivity contribution in [2.75, 3.05) is 31.1 Å². The molecule has 1 aliphatic carbocycles. The van der Waals surface area contributed by atoms with Gasteiger partial charge in [0.25, 0.3) is 0 Å². The Labute approximate surface area is 182 Å². The fraction of sp³-hybridized carbons (Fsp3) is 0.320. The van der Waals surface area contributed by atoms with Gasteiger partial charge in [0.15, 0.2) is 0 Å². The molecule has 1 aliphatic heterocycles. The Balaban J connectivity index is 1.16. The Morgan fingerprint density at radius 2 is 1.71 bits per heavy atom. The highest BCUT2D eigenvalue weighted by atomic mass is 16.5. The van der Waals surface area contributed by atoms with E-state index in [1.54, 1.807) is 6.08 Å². The van der Waals surface area contributed by atoms with Gasteiger partial charge in [-0.05, 0) is 48.7 Å². The summed E-state index contributed by atoms with van der Waals surface area (Å²) in [6, 6.07) is 18.2. The number of anilines is 1. The van der Waals surface area contributed by atoms with E-state index in [2.05, 4.69) is 27.2 Å². The third-order valence-electron chi connectivity index (χ3n) is 6.20. The minimum Gasteiger partial charge on any atom is -0.368 e. The molecule has 158 valence electrons. The Kier molecular flexibility index (Phi) is 5.52. The molecule has 1 aromatic heterocycles. The van der Waals surface area contributed by atoms with Crippen LogP contribution in [0.25, 0.3) is 17.5 Å². The molecule has 3 aromatic rings. The Morgan fingerprint density at radius 3 is 2.39 bits per heavy atom. The molecule has 6 heteroatoms. The van der Waals surface area contributed by atoms with Crippen molar-refractivity contribution in [3.05, 3.63) is 72.1 Å². The summed E-state index contributed by atoms with van der Waals surface area (Å²) in [6.07, 6.45) is 7.10. The predicted octanol–water partition coefficient (Wildman–Crippen LogP) is 4.37. The molecule has 31 heavy (non-hydrogen) atoms. The number of hydrogen-bond donors (Lipinski definition) is 0. The standard InChI is InChI=1S/C25H26N4O2/c30-23(14-9-19-5-2-1-3-6-19)29-17-15-28(16-18-29)22-12-10-20(11-13-22)24-26-25(31-27-24)21-7-4-8-21/h1-3,5-6,9-14,21H,4,7-8,15-18H2. The molecular formula is C25H26N4O2. The molecule has 2 fully saturated rings. The van der Waals surface area contributed by atoms with Gasteiger partial charge in [0.1, 0.15) is 0 Å². The zero-order valence-corrected chi connectivity index (χ0v) is 17.5. The first kappa shape index (κ1) is 19.5. The van der Waals surface area contributed by atoms with E-state index < -0.39 is 0 Å². The monoisotopic (exact) mass is 414 g/mol. The van der Waals surface area contributed by atoms with Crippen LogP contribution < -0.4 is 4.90 Å². The molecule has 6 nitrogen and oxygen atoms in total. The van der Waals surface area contributed by atoms with Crippen molar-refractivity contribution in [1.29, 1.82) is 0 Å². The number of piperazine rings is 1. The van der Waals surface area contributed by atoms with Crippen molar-refractivity contribution in [2.45, 2.75) is 25.2 Å². The number of benzene rings is 2. The lowest BCUT2D eigenvalue weighted by atomic mass is 9.85. The summed E-state index contributed by atoms with van der Waals surface area (Å²) < 4.78 is 5.44. The lowest BCUT2D eigenvalue weighted by Gasteiger charge is -2.35. The molecule has 0 spiro atoms. The van der Waals surface area contributed by atoms with Crippen LogP contribution in [0.15, 0.2) is 65.2 Å². The highest BCUT2D eigenvalue weighted by Crippen LogP contribution is 2.36. The second kappa shape index (κ2) is 8.76. The van der Waals surface area contributed by atoms with Crippen LogP contribution in [0.2, 0.25) is 0 Å². The molecule has 2 aromatic carbocycles. The number of hydrogen-bond acceptors (Lipinski definition) is 5. The summed E-state index contributed by atoms with van der Waals surface area (Å²) in [5.74, 6) is 1.95. The molecule has 1 saturated carbocycles. The smallest absolute Gasteiger partial charge is 0.246 e. The van der Waals surface area contributed by atoms with Gasteiger partial charge in [-0.2, -0.15) is 4.98 Å². The normalized spacial score (nSPS) is 17.2. The molecule has 5 rings (SSSR count). The fourth-order valence-electron chi connectivity index (χ4n) is 4.02. The minimum absolute atomic E-state index is 0.0678. The summed E-state index contributed by atoms with van der Waals surface area (Å²) >= 11 is 0. The van der Waals surface area contributed by atoms with Gasteiger partial charge >= 0.3 is 0 Å². The van der Waals surface area contributed by atoms with Crippen LogP contribution in [-0.2, 0) is 4.79 Å². The van der Waals surface area contributed by atoms with E-state index in [0.29, 0.717) is 11.7 Å². The molecule has 2 aliphatic rings. The van der Waals surface area contributed by atoms with Crippen molar-refractivity contribution in [1.82, 2.24) is 15.0 Å². The molecule has 0 unspecified atom stereocenters. The third-order valence-corrected chi connectivity index (χ3v) is 6.20. The summed E-state index contributed by atoms with van der Waals surface area (Å²) in [7, 11) is 0. The van der Waals surface area contributed by atoms with Crippen LogP contribution in [0.1, 0.15) is 36.6 Å².